The molecule has 1 aromatic carbocycles. The van der Waals surface area contributed by atoms with E-state index in [4.69, 9.17) is 20.8 Å². The highest BCUT2D eigenvalue weighted by Gasteiger charge is 2.76. The molecule has 3 aromatic rings. The molecule has 1 amide bonds. The topological polar surface area (TPSA) is 80.0 Å². The molecule has 2 bridgehead atoms. The number of Topliss-reactive ketones (excluding diaryl/α,β-unsaturated/α-hetero) is 1. The smallest absolute Gasteiger partial charge is 0.416 e. The van der Waals surface area contributed by atoms with Gasteiger partial charge in [0, 0.05) is 38.8 Å². The minimum absolute atomic E-state index is 0.0236. The number of ether oxygens (including phenoxy) is 1. The Balaban J connectivity index is 1.11. The maximum atomic E-state index is 15.0. The Morgan fingerprint density at radius 1 is 1.04 bits per heavy atom. The molecule has 1 N–H and O–H groups in total. The van der Waals surface area contributed by atoms with E-state index < -0.39 is 39.7 Å². The van der Waals surface area contributed by atoms with Gasteiger partial charge in [-0.05, 0) is 110 Å². The molecule has 3 heterocycles. The minimum atomic E-state index is -4.57. The molecule has 274 valence electrons. The van der Waals surface area contributed by atoms with Crippen molar-refractivity contribution < 1.29 is 37.0 Å². The first-order valence-electron chi connectivity index (χ1n) is 18.3. The first kappa shape index (κ1) is 34.4. The molecule has 3 saturated carbocycles. The van der Waals surface area contributed by atoms with Crippen LogP contribution in [0.25, 0.3) is 11.3 Å². The standard InChI is InChI=1S/C41H41ClF3NO5S/c1-36-13-9-25(47)21-38(36)16-17-40(28(22-38)34(48)31-8-7-30(50-31)27-20-24(41(43,44)45)5-6-29(27)42)32(36)10-14-37(2)33(40)11-15-39(37)23-46(35(49)51-39)18-12-26-4-3-19-52-26/h3-8,16-17,19-20,22,25,32-33,47H,9-15,18,21,23H2,1-2H3/t25-,32+,33+,36+,37-,38-,39+,40+/m0/s1. The SMILES string of the molecule is C[C@]12CC[C@H]3[C@]4(C=C[C@@]5(C=C4C(=O)c4ccc(-c6cc(C(F)(F)F)ccc6Cl)o4)C[C@@H](O)CC[C@]35C)[C@@H]1CC[C@@]21CN(CCc2cccs2)C(=O)O1. The van der Waals surface area contributed by atoms with Crippen molar-refractivity contribution in [2.45, 2.75) is 83.1 Å². The number of hydrogen-bond donors (Lipinski definition) is 1. The van der Waals surface area contributed by atoms with Crippen LogP contribution in [-0.4, -0.2) is 46.7 Å². The monoisotopic (exact) mass is 751 g/mol. The summed E-state index contributed by atoms with van der Waals surface area (Å²) >= 11 is 8.05. The van der Waals surface area contributed by atoms with Crippen LogP contribution in [0.15, 0.2) is 76.1 Å². The number of benzene rings is 1. The average molecular weight is 752 g/mol. The minimum Gasteiger partial charge on any atom is -0.453 e. The first-order valence-corrected chi connectivity index (χ1v) is 19.5. The van der Waals surface area contributed by atoms with Crippen LogP contribution < -0.4 is 0 Å². The predicted molar refractivity (Wildman–Crippen MR) is 191 cm³/mol. The number of alkyl halides is 3. The number of aliphatic hydroxyl groups is 1. The van der Waals surface area contributed by atoms with Crippen LogP contribution in [0.4, 0.5) is 18.0 Å². The molecule has 1 saturated heterocycles. The van der Waals surface area contributed by atoms with Gasteiger partial charge in [0.2, 0.25) is 5.78 Å². The third-order valence-electron chi connectivity index (χ3n) is 14.5. The summed E-state index contributed by atoms with van der Waals surface area (Å²) in [5.41, 5.74) is -2.74. The summed E-state index contributed by atoms with van der Waals surface area (Å²) in [6.45, 7) is 5.67. The van der Waals surface area contributed by atoms with Crippen molar-refractivity contribution in [3.05, 3.63) is 92.9 Å². The second kappa shape index (κ2) is 11.3. The Morgan fingerprint density at radius 3 is 2.58 bits per heavy atom. The number of carbonyl (C=O) groups excluding carboxylic acids is 2. The fourth-order valence-electron chi connectivity index (χ4n) is 11.9. The molecule has 10 rings (SSSR count). The van der Waals surface area contributed by atoms with Crippen LogP contribution in [-0.2, 0) is 17.3 Å². The Hall–Kier alpha value is -3.34. The number of amides is 1. The Kier molecular flexibility index (Phi) is 7.51. The summed E-state index contributed by atoms with van der Waals surface area (Å²) in [7, 11) is 0. The number of allylic oxidation sites excluding steroid dienone is 4. The van der Waals surface area contributed by atoms with E-state index in [2.05, 4.69) is 38.1 Å². The summed E-state index contributed by atoms with van der Waals surface area (Å²) in [4.78, 5) is 31.6. The van der Waals surface area contributed by atoms with Crippen molar-refractivity contribution in [3.63, 3.8) is 0 Å². The van der Waals surface area contributed by atoms with Crippen molar-refractivity contribution >= 4 is 34.8 Å². The summed E-state index contributed by atoms with van der Waals surface area (Å²) in [6, 6.07) is 10.2. The van der Waals surface area contributed by atoms with Gasteiger partial charge in [0.25, 0.3) is 0 Å². The molecule has 6 aliphatic carbocycles. The number of nitrogens with zero attached hydrogens (tertiary/aromatic N) is 1. The zero-order chi connectivity index (χ0) is 36.5. The van der Waals surface area contributed by atoms with Gasteiger partial charge in [-0.3, -0.25) is 4.79 Å². The third kappa shape index (κ3) is 4.58. The highest BCUT2D eigenvalue weighted by atomic mass is 35.5. The molecule has 11 heteroatoms. The lowest BCUT2D eigenvalue weighted by Crippen LogP contribution is -2.67. The number of halogens is 4. The van der Waals surface area contributed by atoms with E-state index in [9.17, 15) is 27.9 Å². The molecule has 2 aromatic heterocycles. The van der Waals surface area contributed by atoms with Crippen LogP contribution in [0.1, 0.15) is 79.8 Å². The average Bonchev–Trinajstić information content (AvgIpc) is 3.91. The Labute approximate surface area is 309 Å². The zero-order valence-electron chi connectivity index (χ0n) is 29.1. The molecule has 6 nitrogen and oxygen atoms in total. The number of hydrogen-bond acceptors (Lipinski definition) is 6. The lowest BCUT2D eigenvalue weighted by atomic mass is 9.32. The number of carbonyl (C=O) groups is 2. The molecule has 0 radical (unpaired) electrons. The van der Waals surface area contributed by atoms with Crippen molar-refractivity contribution in [1.82, 2.24) is 4.90 Å². The van der Waals surface area contributed by atoms with Crippen LogP contribution in [0.3, 0.4) is 0 Å². The number of rotatable bonds is 6. The molecular formula is C41H41ClF3NO5S. The fourth-order valence-corrected chi connectivity index (χ4v) is 12.8. The van der Waals surface area contributed by atoms with Gasteiger partial charge in [-0.1, -0.05) is 49.7 Å². The Morgan fingerprint density at radius 2 is 1.81 bits per heavy atom. The van der Waals surface area contributed by atoms with E-state index >= 15 is 0 Å². The lowest BCUT2D eigenvalue weighted by Gasteiger charge is -2.71. The van der Waals surface area contributed by atoms with Gasteiger partial charge < -0.3 is 19.2 Å². The molecule has 7 aliphatic rings. The normalized spacial score (nSPS) is 37.5. The van der Waals surface area contributed by atoms with Gasteiger partial charge in [-0.2, -0.15) is 13.2 Å². The summed E-state index contributed by atoms with van der Waals surface area (Å²) in [5, 5.41) is 13.1. The Bertz CT molecular complexity index is 2040. The summed E-state index contributed by atoms with van der Waals surface area (Å²) in [5.74, 6) is -0.129. The number of furan rings is 1. The van der Waals surface area contributed by atoms with Gasteiger partial charge in [0.1, 0.15) is 11.4 Å². The van der Waals surface area contributed by atoms with Crippen LogP contribution >= 0.6 is 22.9 Å². The molecule has 52 heavy (non-hydrogen) atoms. The van der Waals surface area contributed by atoms with Crippen LogP contribution in [0.2, 0.25) is 5.02 Å². The number of thiophene rings is 1. The largest absolute Gasteiger partial charge is 0.453 e. The van der Waals surface area contributed by atoms with E-state index in [0.717, 1.165) is 44.2 Å². The van der Waals surface area contributed by atoms with Crippen molar-refractivity contribution in [1.29, 1.82) is 0 Å². The van der Waals surface area contributed by atoms with Gasteiger partial charge in [-0.15, -0.1) is 11.3 Å². The molecular weight excluding hydrogens is 711 g/mol. The van der Waals surface area contributed by atoms with Crippen LogP contribution in [0.5, 0.6) is 0 Å². The molecule has 8 atom stereocenters. The van der Waals surface area contributed by atoms with E-state index in [0.29, 0.717) is 37.9 Å². The van der Waals surface area contributed by atoms with Gasteiger partial charge in [0.05, 0.1) is 23.2 Å². The van der Waals surface area contributed by atoms with Gasteiger partial charge >= 0.3 is 12.3 Å². The van der Waals surface area contributed by atoms with Crippen molar-refractivity contribution in [2.24, 2.45) is 33.5 Å². The van der Waals surface area contributed by atoms with Crippen LogP contribution in [0, 0.1) is 33.5 Å². The quantitative estimate of drug-likeness (QED) is 0.200. The molecule has 4 fully saturated rings. The summed E-state index contributed by atoms with van der Waals surface area (Å²) < 4.78 is 53.5. The lowest BCUT2D eigenvalue weighted by molar-refractivity contribution is -0.164. The zero-order valence-corrected chi connectivity index (χ0v) is 30.7. The fraction of sp³-hybridized carbons (Fsp3) is 0.512. The third-order valence-corrected chi connectivity index (χ3v) is 15.8. The highest BCUT2D eigenvalue weighted by Crippen LogP contribution is 2.79. The van der Waals surface area contributed by atoms with E-state index in [-0.39, 0.29) is 51.2 Å². The van der Waals surface area contributed by atoms with E-state index in [1.165, 1.54) is 23.1 Å². The summed E-state index contributed by atoms with van der Waals surface area (Å²) in [6.07, 6.45) is 7.18. The molecule has 3 spiro atoms. The second-order valence-electron chi connectivity index (χ2n) is 16.6. The van der Waals surface area contributed by atoms with Crippen molar-refractivity contribution in [2.75, 3.05) is 13.1 Å². The predicted octanol–water partition coefficient (Wildman–Crippen LogP) is 10.2. The number of ketones is 1. The maximum absolute atomic E-state index is 15.0. The van der Waals surface area contributed by atoms with Gasteiger partial charge in [-0.25, -0.2) is 4.79 Å². The van der Waals surface area contributed by atoms with Crippen molar-refractivity contribution in [3.8, 4) is 11.3 Å². The van der Waals surface area contributed by atoms with E-state index in [1.807, 2.05) is 16.3 Å². The number of aliphatic hydroxyl groups excluding tert-OH is 1. The second-order valence-corrected chi connectivity index (χ2v) is 18.0. The van der Waals surface area contributed by atoms with Gasteiger partial charge in [0.15, 0.2) is 5.76 Å². The van der Waals surface area contributed by atoms with E-state index in [1.54, 1.807) is 11.3 Å². The molecule has 0 unspecified atom stereocenters. The maximum Gasteiger partial charge on any atom is 0.416 e. The highest BCUT2D eigenvalue weighted by molar-refractivity contribution is 7.09. The number of fused-ring (bicyclic) bond motifs is 2. The first-order chi connectivity index (χ1) is 24.6. The molecule has 1 aliphatic heterocycles.